The minimum atomic E-state index is -2.55. The Morgan fingerprint density at radius 1 is 1.45 bits per heavy atom. The lowest BCUT2D eigenvalue weighted by atomic mass is 9.88. The number of rotatable bonds is 5. The first-order chi connectivity index (χ1) is 10.2. The molecule has 1 saturated heterocycles. The van der Waals surface area contributed by atoms with Crippen LogP contribution in [-0.4, -0.2) is 87.4 Å². The number of ether oxygens (including phenoxy) is 2. The van der Waals surface area contributed by atoms with Gasteiger partial charge in [0.1, 0.15) is 18.3 Å². The van der Waals surface area contributed by atoms with E-state index in [0.717, 1.165) is 14.0 Å². The maximum atomic E-state index is 11.6. The van der Waals surface area contributed by atoms with Gasteiger partial charge in [-0.1, -0.05) is 0 Å². The summed E-state index contributed by atoms with van der Waals surface area (Å²) in [6, 6.07) is -1.21. The Morgan fingerprint density at radius 2 is 2.05 bits per heavy atom. The maximum Gasteiger partial charge on any atom is 0.366 e. The van der Waals surface area contributed by atoms with Crippen molar-refractivity contribution in [3.8, 4) is 0 Å². The summed E-state index contributed by atoms with van der Waals surface area (Å²) < 4.78 is 9.45. The predicted octanol–water partition coefficient (Wildman–Crippen LogP) is -3.78. The molecule has 1 rings (SSSR count). The van der Waals surface area contributed by atoms with E-state index in [4.69, 9.17) is 9.84 Å². The lowest BCUT2D eigenvalue weighted by molar-refractivity contribution is -0.296. The van der Waals surface area contributed by atoms with Crippen LogP contribution in [-0.2, 0) is 19.1 Å². The number of aliphatic hydroxyl groups excluding tert-OH is 4. The van der Waals surface area contributed by atoms with E-state index in [2.05, 4.69) is 10.1 Å². The lowest BCUT2D eigenvalue weighted by Gasteiger charge is -2.45. The molecule has 6 atom stereocenters. The molecule has 128 valence electrons. The summed E-state index contributed by atoms with van der Waals surface area (Å²) in [5.41, 5.74) is 0. The van der Waals surface area contributed by atoms with Crippen molar-refractivity contribution in [1.82, 2.24) is 5.32 Å². The Morgan fingerprint density at radius 3 is 2.50 bits per heavy atom. The third-order valence-electron chi connectivity index (χ3n) is 3.38. The summed E-state index contributed by atoms with van der Waals surface area (Å²) >= 11 is 0. The Balaban J connectivity index is 3.09. The van der Waals surface area contributed by atoms with Gasteiger partial charge < -0.3 is 40.3 Å². The van der Waals surface area contributed by atoms with Gasteiger partial charge in [0.2, 0.25) is 5.91 Å². The largest absolute Gasteiger partial charge is 0.465 e. The highest BCUT2D eigenvalue weighted by Crippen LogP contribution is 2.31. The van der Waals surface area contributed by atoms with E-state index in [-0.39, 0.29) is 0 Å². The molecule has 0 saturated carbocycles. The Labute approximate surface area is 126 Å². The fourth-order valence-corrected chi connectivity index (χ4v) is 2.29. The van der Waals surface area contributed by atoms with Gasteiger partial charge in [0.05, 0.1) is 25.9 Å². The fraction of sp³-hybridized carbons (Fsp3) is 0.833. The zero-order valence-corrected chi connectivity index (χ0v) is 12.2. The van der Waals surface area contributed by atoms with Gasteiger partial charge in [-0.2, -0.15) is 0 Å². The molecule has 0 aromatic heterocycles. The molecule has 10 heteroatoms. The second-order valence-corrected chi connectivity index (χ2v) is 5.10. The molecule has 0 aromatic carbocycles. The second-order valence-electron chi connectivity index (χ2n) is 5.10. The van der Waals surface area contributed by atoms with Crippen LogP contribution < -0.4 is 5.32 Å². The lowest BCUT2D eigenvalue weighted by Crippen LogP contribution is -2.67. The van der Waals surface area contributed by atoms with Gasteiger partial charge in [-0.25, -0.2) is 4.79 Å². The van der Waals surface area contributed by atoms with Crippen molar-refractivity contribution < 1.29 is 44.6 Å². The van der Waals surface area contributed by atoms with Crippen LogP contribution in [0.15, 0.2) is 0 Å². The maximum absolute atomic E-state index is 11.6. The first-order valence-electron chi connectivity index (χ1n) is 6.57. The van der Waals surface area contributed by atoms with E-state index in [0.29, 0.717) is 0 Å². The first kappa shape index (κ1) is 18.7. The van der Waals surface area contributed by atoms with Crippen LogP contribution in [0.5, 0.6) is 0 Å². The Hall–Kier alpha value is -1.30. The second kappa shape index (κ2) is 7.31. The summed E-state index contributed by atoms with van der Waals surface area (Å²) in [6.45, 7) is 0.320. The van der Waals surface area contributed by atoms with Gasteiger partial charge in [0.15, 0.2) is 0 Å². The van der Waals surface area contributed by atoms with Crippen molar-refractivity contribution in [1.29, 1.82) is 0 Å². The van der Waals surface area contributed by atoms with Crippen LogP contribution in [0.4, 0.5) is 0 Å². The third kappa shape index (κ3) is 3.91. The Bertz CT molecular complexity index is 417. The average molecular weight is 323 g/mol. The van der Waals surface area contributed by atoms with Crippen LogP contribution in [0.2, 0.25) is 0 Å². The van der Waals surface area contributed by atoms with E-state index >= 15 is 0 Å². The van der Waals surface area contributed by atoms with Crippen LogP contribution in [0, 0.1) is 0 Å². The number of carbonyl (C=O) groups excluding carboxylic acids is 2. The van der Waals surface area contributed by atoms with Crippen LogP contribution in [0.3, 0.4) is 0 Å². The first-order valence-corrected chi connectivity index (χ1v) is 6.57. The molecule has 0 radical (unpaired) electrons. The summed E-state index contributed by atoms with van der Waals surface area (Å²) in [5.74, 6) is -4.32. The van der Waals surface area contributed by atoms with E-state index in [1.54, 1.807) is 0 Å². The molecule has 22 heavy (non-hydrogen) atoms. The number of hydrogen-bond acceptors (Lipinski definition) is 9. The number of carbonyl (C=O) groups is 2. The number of nitrogens with one attached hydrogen (secondary N) is 1. The van der Waals surface area contributed by atoms with Crippen molar-refractivity contribution in [2.24, 2.45) is 0 Å². The highest BCUT2D eigenvalue weighted by molar-refractivity contribution is 5.78. The summed E-state index contributed by atoms with van der Waals surface area (Å²) in [4.78, 5) is 22.8. The monoisotopic (exact) mass is 323 g/mol. The van der Waals surface area contributed by atoms with E-state index in [9.17, 15) is 30.0 Å². The van der Waals surface area contributed by atoms with Gasteiger partial charge in [-0.05, 0) is 0 Å². The van der Waals surface area contributed by atoms with Crippen molar-refractivity contribution >= 4 is 11.9 Å². The fourth-order valence-electron chi connectivity index (χ4n) is 2.29. The number of esters is 1. The van der Waals surface area contributed by atoms with Crippen molar-refractivity contribution in [3.05, 3.63) is 0 Å². The van der Waals surface area contributed by atoms with Gasteiger partial charge in [-0.3, -0.25) is 4.79 Å². The number of aliphatic hydroxyl groups is 5. The molecule has 0 bridgehead atoms. The highest BCUT2D eigenvalue weighted by Gasteiger charge is 2.54. The van der Waals surface area contributed by atoms with Crippen molar-refractivity contribution in [2.45, 2.75) is 49.6 Å². The molecule has 1 amide bonds. The van der Waals surface area contributed by atoms with Gasteiger partial charge in [-0.15, -0.1) is 0 Å². The average Bonchev–Trinajstić information content (AvgIpc) is 2.46. The minimum Gasteiger partial charge on any atom is -0.465 e. The van der Waals surface area contributed by atoms with Gasteiger partial charge in [0, 0.05) is 13.3 Å². The standard InChI is InChI=1S/C12H21NO9/c1-5(15)13-8-6(16)3-12(20,11(19)21-2)22-10(8)9(18)7(17)4-14/h6-10,14,16-18,20H,3-4H2,1-2H3,(H,13,15)/t6-,7?,8+,9?,10+,12?/m0/s1. The molecule has 1 fully saturated rings. The summed E-state index contributed by atoms with van der Waals surface area (Å²) in [5, 5.41) is 50.8. The van der Waals surface area contributed by atoms with Crippen LogP contribution in [0.25, 0.3) is 0 Å². The molecule has 6 N–H and O–H groups in total. The predicted molar refractivity (Wildman–Crippen MR) is 69.2 cm³/mol. The summed E-state index contributed by atoms with van der Waals surface area (Å²) in [6.07, 6.45) is -7.09. The summed E-state index contributed by atoms with van der Waals surface area (Å²) in [7, 11) is 0.990. The molecule has 0 aromatic rings. The molecule has 1 aliphatic heterocycles. The van der Waals surface area contributed by atoms with E-state index in [1.807, 2.05) is 0 Å². The molecular weight excluding hydrogens is 302 g/mol. The number of amides is 1. The normalized spacial score (nSPS) is 34.6. The Kier molecular flexibility index (Phi) is 6.23. The van der Waals surface area contributed by atoms with Crippen LogP contribution in [0.1, 0.15) is 13.3 Å². The highest BCUT2D eigenvalue weighted by atomic mass is 16.7. The minimum absolute atomic E-state index is 0.563. The SMILES string of the molecule is COC(=O)C1(O)C[C@H](O)[C@@H](NC(C)=O)[C@H](C(O)C(O)CO)O1. The van der Waals surface area contributed by atoms with Gasteiger partial charge in [0.25, 0.3) is 5.79 Å². The van der Waals surface area contributed by atoms with E-state index < -0.39 is 61.1 Å². The van der Waals surface area contributed by atoms with Gasteiger partial charge >= 0.3 is 5.97 Å². The molecule has 10 nitrogen and oxygen atoms in total. The molecule has 1 heterocycles. The van der Waals surface area contributed by atoms with E-state index in [1.165, 1.54) is 0 Å². The van der Waals surface area contributed by atoms with Crippen molar-refractivity contribution in [3.63, 3.8) is 0 Å². The molecule has 1 aliphatic rings. The van der Waals surface area contributed by atoms with Crippen LogP contribution >= 0.6 is 0 Å². The topological polar surface area (TPSA) is 166 Å². The number of methoxy groups -OCH3 is 1. The molecule has 3 unspecified atom stereocenters. The molecule has 0 spiro atoms. The third-order valence-corrected chi connectivity index (χ3v) is 3.38. The molecule has 0 aliphatic carbocycles. The smallest absolute Gasteiger partial charge is 0.366 e. The quantitative estimate of drug-likeness (QED) is 0.278. The molecular formula is C12H21NO9. The van der Waals surface area contributed by atoms with Crippen molar-refractivity contribution in [2.75, 3.05) is 13.7 Å². The number of hydrogen-bond donors (Lipinski definition) is 6. The zero-order chi connectivity index (χ0) is 17.1. The zero-order valence-electron chi connectivity index (χ0n) is 12.2.